The van der Waals surface area contributed by atoms with Gasteiger partial charge in [-0.15, -0.1) is 0 Å². The average molecular weight is 247 g/mol. The molecule has 4 nitrogen and oxygen atoms in total. The maximum absolute atomic E-state index is 5.81. The van der Waals surface area contributed by atoms with Crippen LogP contribution in [0.15, 0.2) is 46.7 Å². The second-order valence-electron chi connectivity index (χ2n) is 3.30. The van der Waals surface area contributed by atoms with E-state index in [0.717, 1.165) is 10.6 Å². The predicted octanol–water partition coefficient (Wildman–Crippen LogP) is 2.61. The Balaban J connectivity index is 2.21. The number of hydrogen-bond acceptors (Lipinski definition) is 5. The van der Waals surface area contributed by atoms with E-state index in [4.69, 9.17) is 10.5 Å². The van der Waals surface area contributed by atoms with E-state index in [2.05, 4.69) is 9.97 Å². The third-order valence-electron chi connectivity index (χ3n) is 1.96. The van der Waals surface area contributed by atoms with Crippen LogP contribution in [0.5, 0.6) is 5.75 Å². The van der Waals surface area contributed by atoms with Gasteiger partial charge < -0.3 is 10.5 Å². The summed E-state index contributed by atoms with van der Waals surface area (Å²) in [6.45, 7) is 2.56. The molecule has 0 atom stereocenters. The lowest BCUT2D eigenvalue weighted by Crippen LogP contribution is -1.94. The minimum absolute atomic E-state index is 0.620. The largest absolute Gasteiger partial charge is 0.494 e. The summed E-state index contributed by atoms with van der Waals surface area (Å²) in [6, 6.07) is 7.40. The number of rotatable bonds is 4. The van der Waals surface area contributed by atoms with E-state index in [-0.39, 0.29) is 0 Å². The monoisotopic (exact) mass is 247 g/mol. The third kappa shape index (κ3) is 3.35. The van der Waals surface area contributed by atoms with Crippen molar-refractivity contribution in [2.24, 2.45) is 0 Å². The summed E-state index contributed by atoms with van der Waals surface area (Å²) in [5.74, 6) is 0.769. The fraction of sp³-hybridized carbons (Fsp3) is 0.167. The molecule has 17 heavy (non-hydrogen) atoms. The van der Waals surface area contributed by atoms with E-state index in [1.807, 2.05) is 19.1 Å². The van der Waals surface area contributed by atoms with Gasteiger partial charge in [-0.05, 0) is 36.9 Å². The van der Waals surface area contributed by atoms with Gasteiger partial charge in [-0.2, -0.15) is 0 Å². The topological polar surface area (TPSA) is 61.0 Å². The molecule has 0 amide bonds. The summed E-state index contributed by atoms with van der Waals surface area (Å²) in [5.41, 5.74) is 6.48. The van der Waals surface area contributed by atoms with E-state index in [9.17, 15) is 0 Å². The molecule has 0 radical (unpaired) electrons. The molecule has 1 aromatic heterocycles. The minimum atomic E-state index is 0.620. The summed E-state index contributed by atoms with van der Waals surface area (Å²) in [6.07, 6.45) is 3.43. The molecule has 1 aromatic carbocycles. The molecule has 0 saturated carbocycles. The molecule has 1 heterocycles. The van der Waals surface area contributed by atoms with Crippen LogP contribution in [0.3, 0.4) is 0 Å². The second kappa shape index (κ2) is 5.54. The van der Waals surface area contributed by atoms with Crippen LogP contribution in [0.1, 0.15) is 6.92 Å². The van der Waals surface area contributed by atoms with Crippen molar-refractivity contribution in [1.29, 1.82) is 0 Å². The fourth-order valence-electron chi connectivity index (χ4n) is 1.35. The number of nitrogens with zero attached hydrogens (tertiary/aromatic N) is 2. The first-order valence-electron chi connectivity index (χ1n) is 5.26. The molecule has 0 fully saturated rings. The summed E-state index contributed by atoms with van der Waals surface area (Å²) < 4.78 is 5.43. The molecule has 0 aliphatic rings. The zero-order chi connectivity index (χ0) is 12.1. The van der Waals surface area contributed by atoms with Gasteiger partial charge in [0.15, 0.2) is 5.16 Å². The summed E-state index contributed by atoms with van der Waals surface area (Å²) in [4.78, 5) is 9.27. The maximum Gasteiger partial charge on any atom is 0.192 e. The number of aromatic nitrogens is 2. The Morgan fingerprint density at radius 1 is 1.24 bits per heavy atom. The first-order valence-corrected chi connectivity index (χ1v) is 6.08. The van der Waals surface area contributed by atoms with E-state index in [0.29, 0.717) is 17.5 Å². The number of ether oxygens (including phenoxy) is 1. The summed E-state index contributed by atoms with van der Waals surface area (Å²) in [5, 5.41) is 0.695. The average Bonchev–Trinajstić information content (AvgIpc) is 2.30. The Labute approximate surface area is 104 Å². The van der Waals surface area contributed by atoms with Gasteiger partial charge in [-0.1, -0.05) is 0 Å². The van der Waals surface area contributed by atoms with Crippen LogP contribution in [0.2, 0.25) is 0 Å². The highest BCUT2D eigenvalue weighted by atomic mass is 32.2. The van der Waals surface area contributed by atoms with Crippen LogP contribution in [0.25, 0.3) is 0 Å². The fourth-order valence-corrected chi connectivity index (χ4v) is 2.15. The van der Waals surface area contributed by atoms with Crippen molar-refractivity contribution in [2.75, 3.05) is 12.3 Å². The molecular weight excluding hydrogens is 234 g/mol. The van der Waals surface area contributed by atoms with E-state index in [1.165, 1.54) is 11.8 Å². The lowest BCUT2D eigenvalue weighted by molar-refractivity contribution is 0.339. The number of nitrogen functional groups attached to an aromatic ring is 1. The Morgan fingerprint density at radius 3 is 2.71 bits per heavy atom. The summed E-state index contributed by atoms with van der Waals surface area (Å²) >= 11 is 1.46. The quantitative estimate of drug-likeness (QED) is 0.664. The van der Waals surface area contributed by atoms with Crippen LogP contribution in [-0.4, -0.2) is 16.6 Å². The highest BCUT2D eigenvalue weighted by Gasteiger charge is 2.03. The molecule has 2 N–H and O–H groups in total. The molecular formula is C12H13N3OS. The zero-order valence-corrected chi connectivity index (χ0v) is 10.3. The van der Waals surface area contributed by atoms with Crippen LogP contribution in [-0.2, 0) is 0 Å². The van der Waals surface area contributed by atoms with Crippen molar-refractivity contribution in [2.45, 2.75) is 17.0 Å². The van der Waals surface area contributed by atoms with Gasteiger partial charge in [0.05, 0.1) is 6.61 Å². The van der Waals surface area contributed by atoms with Crippen LogP contribution in [0, 0.1) is 0 Å². The van der Waals surface area contributed by atoms with Gasteiger partial charge >= 0.3 is 0 Å². The first-order chi connectivity index (χ1) is 8.28. The van der Waals surface area contributed by atoms with Gasteiger partial charge in [0.2, 0.25) is 0 Å². The van der Waals surface area contributed by atoms with Crippen molar-refractivity contribution in [1.82, 2.24) is 9.97 Å². The zero-order valence-electron chi connectivity index (χ0n) is 9.46. The van der Waals surface area contributed by atoms with E-state index in [1.54, 1.807) is 24.5 Å². The van der Waals surface area contributed by atoms with Gasteiger partial charge in [0.25, 0.3) is 0 Å². The van der Waals surface area contributed by atoms with Crippen LogP contribution in [0.4, 0.5) is 5.69 Å². The number of hydrogen-bond donors (Lipinski definition) is 1. The SMILES string of the molecule is CCOc1cc(N)cc(Sc2ncccn2)c1. The van der Waals surface area contributed by atoms with Gasteiger partial charge in [0.1, 0.15) is 5.75 Å². The van der Waals surface area contributed by atoms with Crippen molar-refractivity contribution in [3.05, 3.63) is 36.7 Å². The molecule has 0 bridgehead atoms. The number of benzene rings is 1. The smallest absolute Gasteiger partial charge is 0.192 e. The van der Waals surface area contributed by atoms with Crippen molar-refractivity contribution >= 4 is 17.4 Å². The number of anilines is 1. The van der Waals surface area contributed by atoms with Gasteiger partial charge in [-0.3, -0.25) is 0 Å². The van der Waals surface area contributed by atoms with Crippen LogP contribution < -0.4 is 10.5 Å². The Bertz CT molecular complexity index is 490. The molecule has 0 unspecified atom stereocenters. The lowest BCUT2D eigenvalue weighted by atomic mass is 10.3. The summed E-state index contributed by atoms with van der Waals surface area (Å²) in [7, 11) is 0. The molecule has 2 aromatic rings. The highest BCUT2D eigenvalue weighted by Crippen LogP contribution is 2.29. The van der Waals surface area contributed by atoms with Crippen LogP contribution >= 0.6 is 11.8 Å². The second-order valence-corrected chi connectivity index (χ2v) is 4.34. The lowest BCUT2D eigenvalue weighted by Gasteiger charge is -2.07. The Hall–Kier alpha value is -1.75. The normalized spacial score (nSPS) is 10.2. The Kier molecular flexibility index (Phi) is 3.82. The Morgan fingerprint density at radius 2 is 2.00 bits per heavy atom. The van der Waals surface area contributed by atoms with Gasteiger partial charge in [-0.25, -0.2) is 9.97 Å². The molecule has 5 heteroatoms. The molecule has 0 aliphatic carbocycles. The minimum Gasteiger partial charge on any atom is -0.494 e. The first kappa shape index (κ1) is 11.7. The standard InChI is InChI=1S/C12H13N3OS/c1-2-16-10-6-9(13)7-11(8-10)17-12-14-4-3-5-15-12/h3-8H,2,13H2,1H3. The van der Waals surface area contributed by atoms with Crippen molar-refractivity contribution in [3.8, 4) is 5.75 Å². The van der Waals surface area contributed by atoms with Crippen molar-refractivity contribution < 1.29 is 4.74 Å². The molecule has 0 spiro atoms. The van der Waals surface area contributed by atoms with Crippen molar-refractivity contribution in [3.63, 3.8) is 0 Å². The van der Waals surface area contributed by atoms with E-state index < -0.39 is 0 Å². The number of nitrogens with two attached hydrogens (primary N) is 1. The molecule has 0 aliphatic heterocycles. The predicted molar refractivity (Wildman–Crippen MR) is 68.2 cm³/mol. The molecule has 88 valence electrons. The molecule has 2 rings (SSSR count). The third-order valence-corrected chi connectivity index (χ3v) is 2.83. The molecule has 0 saturated heterocycles. The maximum atomic E-state index is 5.81. The van der Waals surface area contributed by atoms with E-state index >= 15 is 0 Å². The highest BCUT2D eigenvalue weighted by molar-refractivity contribution is 7.99. The van der Waals surface area contributed by atoms with Gasteiger partial charge in [0, 0.05) is 29.0 Å².